The molecule has 0 radical (unpaired) electrons. The minimum atomic E-state index is -4.10. The number of para-hydroxylation sites is 1. The Kier molecular flexibility index (Phi) is 7.48. The fourth-order valence-corrected chi connectivity index (χ4v) is 4.51. The molecule has 0 bridgehead atoms. The van der Waals surface area contributed by atoms with Crippen LogP contribution >= 0.6 is 0 Å². The van der Waals surface area contributed by atoms with Crippen LogP contribution in [0.4, 0.5) is 10.1 Å². The third kappa shape index (κ3) is 5.64. The lowest BCUT2D eigenvalue weighted by Gasteiger charge is -2.24. The van der Waals surface area contributed by atoms with E-state index in [2.05, 4.69) is 5.32 Å². The molecule has 0 saturated heterocycles. The molecule has 1 amide bonds. The van der Waals surface area contributed by atoms with Gasteiger partial charge in [0.2, 0.25) is 5.91 Å². The summed E-state index contributed by atoms with van der Waals surface area (Å²) in [4.78, 5) is 12.6. The molecule has 0 aromatic heterocycles. The molecule has 0 aliphatic rings. The first-order valence-corrected chi connectivity index (χ1v) is 11.6. The highest BCUT2D eigenvalue weighted by Crippen LogP contribution is 2.24. The smallest absolute Gasteiger partial charge is 0.264 e. The first kappa shape index (κ1) is 23.3. The Morgan fingerprint density at radius 2 is 1.66 bits per heavy atom. The van der Waals surface area contributed by atoms with Crippen LogP contribution in [0.3, 0.4) is 0 Å². The van der Waals surface area contributed by atoms with Gasteiger partial charge in [0, 0.05) is 12.1 Å². The van der Waals surface area contributed by atoms with Gasteiger partial charge in [-0.25, -0.2) is 12.8 Å². The molecule has 0 aliphatic heterocycles. The van der Waals surface area contributed by atoms with Crippen LogP contribution in [0.2, 0.25) is 0 Å². The third-order valence-corrected chi connectivity index (χ3v) is 6.55. The summed E-state index contributed by atoms with van der Waals surface area (Å²) in [7, 11) is -4.10. The van der Waals surface area contributed by atoms with E-state index in [0.717, 1.165) is 27.6 Å². The summed E-state index contributed by atoms with van der Waals surface area (Å²) in [6.45, 7) is 4.00. The zero-order valence-corrected chi connectivity index (χ0v) is 18.7. The maximum Gasteiger partial charge on any atom is 0.264 e. The Balaban J connectivity index is 1.84. The van der Waals surface area contributed by atoms with Crippen molar-refractivity contribution in [3.05, 3.63) is 89.7 Å². The van der Waals surface area contributed by atoms with Gasteiger partial charge in [-0.1, -0.05) is 35.9 Å². The lowest BCUT2D eigenvalue weighted by atomic mass is 10.2. The number of rotatable bonds is 9. The topological polar surface area (TPSA) is 75.7 Å². The number of aryl methyl sites for hydroxylation is 1. The molecule has 6 nitrogen and oxygen atoms in total. The lowest BCUT2D eigenvalue weighted by Crippen LogP contribution is -2.40. The zero-order valence-electron chi connectivity index (χ0n) is 17.9. The summed E-state index contributed by atoms with van der Waals surface area (Å²) in [5.74, 6) is -0.372. The number of hydrogen-bond acceptors (Lipinski definition) is 4. The average Bonchev–Trinajstić information content (AvgIpc) is 2.78. The molecule has 168 valence electrons. The van der Waals surface area contributed by atoms with Gasteiger partial charge in [-0.05, 0) is 56.3 Å². The second kappa shape index (κ2) is 10.3. The van der Waals surface area contributed by atoms with E-state index < -0.39 is 28.3 Å². The van der Waals surface area contributed by atoms with Crippen LogP contribution in [0, 0.1) is 12.7 Å². The molecule has 32 heavy (non-hydrogen) atoms. The predicted octanol–water partition coefficient (Wildman–Crippen LogP) is 4.04. The van der Waals surface area contributed by atoms with Crippen LogP contribution in [-0.2, 0) is 21.4 Å². The first-order valence-electron chi connectivity index (χ1n) is 10.1. The van der Waals surface area contributed by atoms with Gasteiger partial charge < -0.3 is 10.1 Å². The van der Waals surface area contributed by atoms with Crippen molar-refractivity contribution in [2.75, 3.05) is 17.5 Å². The van der Waals surface area contributed by atoms with E-state index in [4.69, 9.17) is 4.74 Å². The number of halogens is 1. The second-order valence-corrected chi connectivity index (χ2v) is 8.98. The summed E-state index contributed by atoms with van der Waals surface area (Å²) in [5, 5.41) is 2.76. The van der Waals surface area contributed by atoms with E-state index in [-0.39, 0.29) is 11.4 Å². The van der Waals surface area contributed by atoms with Gasteiger partial charge >= 0.3 is 0 Å². The molecule has 3 aromatic carbocycles. The number of nitrogens with one attached hydrogen (secondary N) is 1. The van der Waals surface area contributed by atoms with E-state index in [1.807, 2.05) is 38.1 Å². The van der Waals surface area contributed by atoms with E-state index in [1.54, 1.807) is 24.3 Å². The molecule has 0 spiro atoms. The van der Waals surface area contributed by atoms with Gasteiger partial charge in [-0.2, -0.15) is 0 Å². The minimum Gasteiger partial charge on any atom is -0.494 e. The van der Waals surface area contributed by atoms with Crippen molar-refractivity contribution in [3.8, 4) is 5.75 Å². The number of hydrogen-bond donors (Lipinski definition) is 1. The third-order valence-electron chi connectivity index (χ3n) is 4.76. The minimum absolute atomic E-state index is 0.103. The lowest BCUT2D eigenvalue weighted by molar-refractivity contribution is -0.119. The number of benzene rings is 3. The van der Waals surface area contributed by atoms with Crippen LogP contribution in [0.1, 0.15) is 18.1 Å². The Hall–Kier alpha value is -3.39. The van der Waals surface area contributed by atoms with Crippen molar-refractivity contribution in [1.82, 2.24) is 5.32 Å². The molecule has 1 N–H and O–H groups in total. The van der Waals surface area contributed by atoms with Gasteiger partial charge in [0.15, 0.2) is 0 Å². The van der Waals surface area contributed by atoms with Crippen molar-refractivity contribution in [3.63, 3.8) is 0 Å². The Morgan fingerprint density at radius 1 is 1.00 bits per heavy atom. The predicted molar refractivity (Wildman–Crippen MR) is 122 cm³/mol. The molecule has 0 atom stereocenters. The van der Waals surface area contributed by atoms with Crippen LogP contribution in [0.25, 0.3) is 0 Å². The van der Waals surface area contributed by atoms with Crippen molar-refractivity contribution < 1.29 is 22.3 Å². The maximum atomic E-state index is 13.3. The van der Waals surface area contributed by atoms with Gasteiger partial charge in [0.05, 0.1) is 17.2 Å². The summed E-state index contributed by atoms with van der Waals surface area (Å²) in [5.41, 5.74) is 2.07. The maximum absolute atomic E-state index is 13.3. The first-order chi connectivity index (χ1) is 15.3. The number of anilines is 1. The van der Waals surface area contributed by atoms with Gasteiger partial charge in [0.1, 0.15) is 18.1 Å². The molecule has 0 saturated carbocycles. The Labute approximate surface area is 187 Å². The normalized spacial score (nSPS) is 11.1. The quantitative estimate of drug-likeness (QED) is 0.527. The van der Waals surface area contributed by atoms with E-state index >= 15 is 0 Å². The van der Waals surface area contributed by atoms with Crippen LogP contribution in [-0.4, -0.2) is 27.5 Å². The monoisotopic (exact) mass is 456 g/mol. The SMILES string of the molecule is CCOc1ccccc1CNC(=O)CN(c1ccc(C)cc1)S(=O)(=O)c1ccc(F)cc1. The zero-order chi connectivity index (χ0) is 23.1. The second-order valence-electron chi connectivity index (χ2n) is 7.12. The number of carbonyl (C=O) groups excluding carboxylic acids is 1. The molecular formula is C24H25FN2O4S. The average molecular weight is 457 g/mol. The Bertz CT molecular complexity index is 1160. The summed E-state index contributed by atoms with van der Waals surface area (Å²) in [6.07, 6.45) is 0. The number of sulfonamides is 1. The molecule has 0 heterocycles. The molecule has 3 aromatic rings. The Morgan fingerprint density at radius 3 is 2.31 bits per heavy atom. The molecule has 0 unspecified atom stereocenters. The van der Waals surface area contributed by atoms with Crippen molar-refractivity contribution in [2.24, 2.45) is 0 Å². The van der Waals surface area contributed by atoms with Crippen LogP contribution in [0.15, 0.2) is 77.7 Å². The largest absolute Gasteiger partial charge is 0.494 e. The molecule has 0 fully saturated rings. The van der Waals surface area contributed by atoms with E-state index in [9.17, 15) is 17.6 Å². The van der Waals surface area contributed by atoms with E-state index in [1.165, 1.54) is 12.1 Å². The number of carbonyl (C=O) groups is 1. The van der Waals surface area contributed by atoms with Crippen molar-refractivity contribution in [1.29, 1.82) is 0 Å². The number of amides is 1. The highest BCUT2D eigenvalue weighted by Gasteiger charge is 2.27. The molecular weight excluding hydrogens is 431 g/mol. The highest BCUT2D eigenvalue weighted by molar-refractivity contribution is 7.92. The highest BCUT2D eigenvalue weighted by atomic mass is 32.2. The molecule has 8 heteroatoms. The standard InChI is InChI=1S/C24H25FN2O4S/c1-3-31-23-7-5-4-6-19(23)16-26-24(28)17-27(21-12-8-18(2)9-13-21)32(29,30)22-14-10-20(25)11-15-22/h4-15H,3,16-17H2,1-2H3,(H,26,28). The number of nitrogens with zero attached hydrogens (tertiary/aromatic N) is 1. The summed E-state index contributed by atoms with van der Waals surface area (Å²) < 4.78 is 46.5. The van der Waals surface area contributed by atoms with Gasteiger partial charge in [0.25, 0.3) is 10.0 Å². The van der Waals surface area contributed by atoms with Crippen LogP contribution < -0.4 is 14.4 Å². The van der Waals surface area contributed by atoms with Gasteiger partial charge in [-0.3, -0.25) is 9.10 Å². The fraction of sp³-hybridized carbons (Fsp3) is 0.208. The van der Waals surface area contributed by atoms with E-state index in [0.29, 0.717) is 18.0 Å². The summed E-state index contributed by atoms with van der Waals surface area (Å²) >= 11 is 0. The fourth-order valence-electron chi connectivity index (χ4n) is 3.09. The van der Waals surface area contributed by atoms with Crippen molar-refractivity contribution >= 4 is 21.6 Å². The molecule has 0 aliphatic carbocycles. The van der Waals surface area contributed by atoms with Gasteiger partial charge in [-0.15, -0.1) is 0 Å². The molecule has 3 rings (SSSR count). The van der Waals surface area contributed by atoms with Crippen LogP contribution in [0.5, 0.6) is 5.75 Å². The number of ether oxygens (including phenoxy) is 1. The van der Waals surface area contributed by atoms with Crippen molar-refractivity contribution in [2.45, 2.75) is 25.3 Å². The summed E-state index contributed by atoms with van der Waals surface area (Å²) in [6, 6.07) is 18.6.